The molecule has 0 aliphatic rings. The monoisotopic (exact) mass is 328 g/mol. The normalized spacial score (nSPS) is 10.3. The fourth-order valence-electron chi connectivity index (χ4n) is 1.99. The molecule has 7 heteroatoms. The summed E-state index contributed by atoms with van der Waals surface area (Å²) in [5, 5.41) is 13.6. The molecular formula is C17H20N4O3. The molecule has 0 fully saturated rings. The van der Waals surface area contributed by atoms with E-state index in [9.17, 15) is 9.59 Å². The first-order chi connectivity index (χ1) is 11.5. The molecule has 1 amide bonds. The average molecular weight is 328 g/mol. The first-order valence-electron chi connectivity index (χ1n) is 7.69. The van der Waals surface area contributed by atoms with Gasteiger partial charge in [0.1, 0.15) is 5.82 Å². The van der Waals surface area contributed by atoms with Crippen LogP contribution < -0.4 is 10.6 Å². The molecule has 2 rings (SSSR count). The van der Waals surface area contributed by atoms with Gasteiger partial charge >= 0.3 is 5.97 Å². The number of carbonyl (C=O) groups excluding carboxylic acids is 2. The van der Waals surface area contributed by atoms with Gasteiger partial charge in [0.2, 0.25) is 0 Å². The number of amides is 1. The number of esters is 1. The number of hydrogen-bond donors (Lipinski definition) is 2. The lowest BCUT2D eigenvalue weighted by molar-refractivity contribution is 0.0527. The molecule has 0 unspecified atom stereocenters. The largest absolute Gasteiger partial charge is 0.462 e. The number of para-hydroxylation sites is 1. The van der Waals surface area contributed by atoms with Gasteiger partial charge in [0.25, 0.3) is 5.91 Å². The van der Waals surface area contributed by atoms with Crippen molar-refractivity contribution in [2.24, 2.45) is 0 Å². The van der Waals surface area contributed by atoms with E-state index in [1.807, 2.05) is 13.8 Å². The summed E-state index contributed by atoms with van der Waals surface area (Å²) in [6, 6.07) is 10.1. The van der Waals surface area contributed by atoms with Crippen molar-refractivity contribution in [1.82, 2.24) is 10.2 Å². The van der Waals surface area contributed by atoms with Crippen LogP contribution in [0, 0.1) is 0 Å². The first kappa shape index (κ1) is 17.4. The number of rotatable bonds is 6. The predicted octanol–water partition coefficient (Wildman–Crippen LogP) is 2.73. The number of nitrogens with zero attached hydrogens (tertiary/aromatic N) is 2. The van der Waals surface area contributed by atoms with E-state index in [4.69, 9.17) is 4.74 Å². The molecule has 24 heavy (non-hydrogen) atoms. The second kappa shape index (κ2) is 8.05. The van der Waals surface area contributed by atoms with Crippen LogP contribution >= 0.6 is 0 Å². The summed E-state index contributed by atoms with van der Waals surface area (Å²) in [6.45, 7) is 5.95. The summed E-state index contributed by atoms with van der Waals surface area (Å²) < 4.78 is 4.98. The van der Waals surface area contributed by atoms with Crippen molar-refractivity contribution in [1.29, 1.82) is 0 Å². The molecule has 0 spiro atoms. The highest BCUT2D eigenvalue weighted by Gasteiger charge is 2.15. The number of benzene rings is 1. The highest BCUT2D eigenvalue weighted by atomic mass is 16.5. The molecular weight excluding hydrogens is 308 g/mol. The Morgan fingerprint density at radius 2 is 1.88 bits per heavy atom. The third-order valence-corrected chi connectivity index (χ3v) is 3.00. The van der Waals surface area contributed by atoms with Crippen LogP contribution in [0.3, 0.4) is 0 Å². The molecule has 0 saturated carbocycles. The zero-order valence-electron chi connectivity index (χ0n) is 13.9. The van der Waals surface area contributed by atoms with Gasteiger partial charge in [-0.25, -0.2) is 4.79 Å². The van der Waals surface area contributed by atoms with Crippen molar-refractivity contribution < 1.29 is 14.3 Å². The molecule has 0 aliphatic heterocycles. The van der Waals surface area contributed by atoms with E-state index in [2.05, 4.69) is 20.8 Å². The second-order valence-corrected chi connectivity index (χ2v) is 5.32. The molecule has 126 valence electrons. The number of anilines is 2. The van der Waals surface area contributed by atoms with Gasteiger partial charge in [-0.1, -0.05) is 12.1 Å². The Morgan fingerprint density at radius 1 is 1.12 bits per heavy atom. The summed E-state index contributed by atoms with van der Waals surface area (Å²) >= 11 is 0. The number of ether oxygens (including phenoxy) is 1. The minimum absolute atomic E-state index is 0.156. The van der Waals surface area contributed by atoms with Gasteiger partial charge in [-0.2, -0.15) is 0 Å². The summed E-state index contributed by atoms with van der Waals surface area (Å²) in [5.74, 6) is -0.347. The fourth-order valence-corrected chi connectivity index (χ4v) is 1.99. The Hall–Kier alpha value is -2.96. The van der Waals surface area contributed by atoms with Gasteiger partial charge in [0.15, 0.2) is 5.69 Å². The van der Waals surface area contributed by atoms with Crippen molar-refractivity contribution in [2.45, 2.75) is 26.8 Å². The van der Waals surface area contributed by atoms with Crippen LogP contribution in [0.25, 0.3) is 0 Å². The van der Waals surface area contributed by atoms with Gasteiger partial charge in [-0.05, 0) is 45.0 Å². The minimum Gasteiger partial charge on any atom is -0.462 e. The third-order valence-electron chi connectivity index (χ3n) is 3.00. The van der Waals surface area contributed by atoms with E-state index < -0.39 is 11.9 Å². The molecule has 1 heterocycles. The van der Waals surface area contributed by atoms with Crippen LogP contribution in [-0.4, -0.2) is 34.7 Å². The van der Waals surface area contributed by atoms with Crippen LogP contribution in [0.2, 0.25) is 0 Å². The van der Waals surface area contributed by atoms with Crippen LogP contribution in [0.15, 0.2) is 36.4 Å². The van der Waals surface area contributed by atoms with Crippen molar-refractivity contribution in [3.8, 4) is 0 Å². The molecule has 0 radical (unpaired) electrons. The second-order valence-electron chi connectivity index (χ2n) is 5.32. The Balaban J connectivity index is 2.14. The van der Waals surface area contributed by atoms with Gasteiger partial charge in [-0.3, -0.25) is 4.79 Å². The lowest BCUT2D eigenvalue weighted by atomic mass is 10.1. The van der Waals surface area contributed by atoms with Gasteiger partial charge in [0, 0.05) is 6.04 Å². The zero-order chi connectivity index (χ0) is 17.5. The predicted molar refractivity (Wildman–Crippen MR) is 91.1 cm³/mol. The van der Waals surface area contributed by atoms with E-state index in [1.165, 1.54) is 0 Å². The Kier molecular flexibility index (Phi) is 5.83. The molecule has 2 N–H and O–H groups in total. The average Bonchev–Trinajstić information content (AvgIpc) is 2.55. The lowest BCUT2D eigenvalue weighted by Crippen LogP contribution is -2.18. The van der Waals surface area contributed by atoms with Crippen LogP contribution in [-0.2, 0) is 4.74 Å². The maximum atomic E-state index is 12.3. The molecule has 1 aromatic heterocycles. The van der Waals surface area contributed by atoms with Crippen LogP contribution in [0.5, 0.6) is 0 Å². The Morgan fingerprint density at radius 3 is 2.50 bits per heavy atom. The minimum atomic E-state index is -0.490. The molecule has 2 aromatic rings. The lowest BCUT2D eigenvalue weighted by Gasteiger charge is -2.10. The molecule has 1 aromatic carbocycles. The number of carbonyl (C=O) groups is 2. The van der Waals surface area contributed by atoms with Crippen molar-refractivity contribution in [3.63, 3.8) is 0 Å². The fraction of sp³-hybridized carbons (Fsp3) is 0.294. The van der Waals surface area contributed by atoms with Crippen LogP contribution in [0.1, 0.15) is 41.6 Å². The maximum Gasteiger partial charge on any atom is 0.340 e. The smallest absolute Gasteiger partial charge is 0.340 e. The van der Waals surface area contributed by atoms with Gasteiger partial charge in [-0.15, -0.1) is 10.2 Å². The van der Waals surface area contributed by atoms with E-state index in [1.54, 1.807) is 43.3 Å². The van der Waals surface area contributed by atoms with E-state index in [0.29, 0.717) is 17.1 Å². The number of nitrogens with one attached hydrogen (secondary N) is 2. The molecule has 0 saturated heterocycles. The first-order valence-corrected chi connectivity index (χ1v) is 7.69. The zero-order valence-corrected chi connectivity index (χ0v) is 13.9. The van der Waals surface area contributed by atoms with E-state index in [-0.39, 0.29) is 18.3 Å². The Bertz CT molecular complexity index is 714. The molecule has 7 nitrogen and oxygen atoms in total. The molecule has 0 bridgehead atoms. The van der Waals surface area contributed by atoms with E-state index in [0.717, 1.165) is 0 Å². The van der Waals surface area contributed by atoms with Gasteiger partial charge < -0.3 is 15.4 Å². The number of aromatic nitrogens is 2. The number of hydrogen-bond acceptors (Lipinski definition) is 6. The SMILES string of the molecule is CCOC(=O)c1ccccc1NC(=O)c1ccc(NC(C)C)nn1. The van der Waals surface area contributed by atoms with E-state index >= 15 is 0 Å². The maximum absolute atomic E-state index is 12.3. The summed E-state index contributed by atoms with van der Waals surface area (Å²) in [4.78, 5) is 24.2. The third kappa shape index (κ3) is 4.52. The molecule has 0 atom stereocenters. The quantitative estimate of drug-likeness (QED) is 0.792. The summed E-state index contributed by atoms with van der Waals surface area (Å²) in [7, 11) is 0. The van der Waals surface area contributed by atoms with Gasteiger partial charge in [0.05, 0.1) is 17.9 Å². The van der Waals surface area contributed by atoms with Crippen molar-refractivity contribution >= 4 is 23.4 Å². The summed E-state index contributed by atoms with van der Waals surface area (Å²) in [6.07, 6.45) is 0. The van der Waals surface area contributed by atoms with Crippen molar-refractivity contribution in [3.05, 3.63) is 47.7 Å². The standard InChI is InChI=1S/C17H20N4O3/c1-4-24-17(23)12-7-5-6-8-13(12)19-16(22)14-9-10-15(21-20-14)18-11(2)3/h5-11H,4H2,1-3H3,(H,18,21)(H,19,22). The summed E-state index contributed by atoms with van der Waals surface area (Å²) in [5.41, 5.74) is 0.814. The highest BCUT2D eigenvalue weighted by Crippen LogP contribution is 2.17. The van der Waals surface area contributed by atoms with Crippen LogP contribution in [0.4, 0.5) is 11.5 Å². The molecule has 0 aliphatic carbocycles. The topological polar surface area (TPSA) is 93.2 Å². The Labute approximate surface area is 140 Å². The highest BCUT2D eigenvalue weighted by molar-refractivity contribution is 6.07. The van der Waals surface area contributed by atoms with Crippen molar-refractivity contribution in [2.75, 3.05) is 17.2 Å².